The molecule has 1 unspecified atom stereocenters. The molecule has 1 aromatic heterocycles. The number of anilines is 1. The zero-order chi connectivity index (χ0) is 13.1. The highest BCUT2D eigenvalue weighted by atomic mass is 79.9. The van der Waals surface area contributed by atoms with Crippen LogP contribution in [0.5, 0.6) is 0 Å². The quantitative estimate of drug-likeness (QED) is 0.916. The van der Waals surface area contributed by atoms with Gasteiger partial charge in [-0.1, -0.05) is 28.1 Å². The Bertz CT molecular complexity index is 557. The molecule has 0 bridgehead atoms. The van der Waals surface area contributed by atoms with E-state index in [1.165, 1.54) is 0 Å². The van der Waals surface area contributed by atoms with Gasteiger partial charge < -0.3 is 10.8 Å². The van der Waals surface area contributed by atoms with Gasteiger partial charge >= 0.3 is 0 Å². The van der Waals surface area contributed by atoms with Crippen molar-refractivity contribution < 1.29 is 5.11 Å². The third kappa shape index (κ3) is 2.89. The van der Waals surface area contributed by atoms with E-state index >= 15 is 0 Å². The smallest absolute Gasteiger partial charge is 0.126 e. The lowest BCUT2D eigenvalue weighted by atomic mass is 9.98. The Kier molecular flexibility index (Phi) is 3.99. The summed E-state index contributed by atoms with van der Waals surface area (Å²) in [6.07, 6.45) is 1.56. The van der Waals surface area contributed by atoms with E-state index in [1.807, 2.05) is 37.3 Å². The summed E-state index contributed by atoms with van der Waals surface area (Å²) in [4.78, 5) is 4.02. The standard InChI is InChI=1S/C14H15BrN2O/c1-9-7-11(15)4-5-12(9)13(18)8-10-3-2-6-17-14(10)16/h2-7,13,18H,8H2,1H3,(H2,16,17). The molecule has 94 valence electrons. The van der Waals surface area contributed by atoms with Crippen LogP contribution in [0, 0.1) is 6.92 Å². The van der Waals surface area contributed by atoms with E-state index in [0.717, 1.165) is 21.2 Å². The van der Waals surface area contributed by atoms with Crippen LogP contribution < -0.4 is 5.73 Å². The van der Waals surface area contributed by atoms with Crippen LogP contribution in [0.25, 0.3) is 0 Å². The highest BCUT2D eigenvalue weighted by Crippen LogP contribution is 2.25. The maximum atomic E-state index is 10.3. The summed E-state index contributed by atoms with van der Waals surface area (Å²) in [6, 6.07) is 9.56. The molecular formula is C14H15BrN2O. The van der Waals surface area contributed by atoms with Crippen molar-refractivity contribution in [1.29, 1.82) is 0 Å². The van der Waals surface area contributed by atoms with Crippen molar-refractivity contribution in [3.63, 3.8) is 0 Å². The van der Waals surface area contributed by atoms with Crippen molar-refractivity contribution >= 4 is 21.7 Å². The number of hydrogen-bond acceptors (Lipinski definition) is 3. The minimum Gasteiger partial charge on any atom is -0.388 e. The molecule has 3 N–H and O–H groups in total. The summed E-state index contributed by atoms with van der Waals surface area (Å²) in [5.74, 6) is 0.478. The topological polar surface area (TPSA) is 59.1 Å². The molecule has 0 aliphatic carbocycles. The van der Waals surface area contributed by atoms with E-state index in [1.54, 1.807) is 6.20 Å². The van der Waals surface area contributed by atoms with Gasteiger partial charge in [0.1, 0.15) is 5.82 Å². The van der Waals surface area contributed by atoms with Crippen molar-refractivity contribution in [2.45, 2.75) is 19.4 Å². The lowest BCUT2D eigenvalue weighted by Gasteiger charge is -2.14. The van der Waals surface area contributed by atoms with E-state index in [9.17, 15) is 5.11 Å². The minimum absolute atomic E-state index is 0.474. The van der Waals surface area contributed by atoms with Crippen molar-refractivity contribution in [1.82, 2.24) is 4.98 Å². The molecule has 0 radical (unpaired) electrons. The van der Waals surface area contributed by atoms with Crippen LogP contribution in [-0.2, 0) is 6.42 Å². The molecule has 0 aliphatic rings. The Morgan fingerprint density at radius 3 is 2.83 bits per heavy atom. The lowest BCUT2D eigenvalue weighted by Crippen LogP contribution is -2.06. The Balaban J connectivity index is 2.22. The number of aliphatic hydroxyl groups excluding tert-OH is 1. The summed E-state index contributed by atoms with van der Waals surface area (Å²) in [6.45, 7) is 1.98. The largest absolute Gasteiger partial charge is 0.388 e. The Morgan fingerprint density at radius 1 is 1.39 bits per heavy atom. The van der Waals surface area contributed by atoms with Gasteiger partial charge in [0.25, 0.3) is 0 Å². The predicted octanol–water partition coefficient (Wildman–Crippen LogP) is 3.01. The number of pyridine rings is 1. The van der Waals surface area contributed by atoms with Crippen LogP contribution in [0.3, 0.4) is 0 Å². The molecule has 0 spiro atoms. The van der Waals surface area contributed by atoms with Crippen LogP contribution in [0.4, 0.5) is 5.82 Å². The number of aliphatic hydroxyl groups is 1. The second kappa shape index (κ2) is 5.50. The summed E-state index contributed by atoms with van der Waals surface area (Å²) in [5.41, 5.74) is 8.62. The number of aromatic nitrogens is 1. The lowest BCUT2D eigenvalue weighted by molar-refractivity contribution is 0.178. The number of halogens is 1. The van der Waals surface area contributed by atoms with E-state index in [2.05, 4.69) is 20.9 Å². The molecule has 2 rings (SSSR count). The number of nitrogen functional groups attached to an aromatic ring is 1. The van der Waals surface area contributed by atoms with Crippen molar-refractivity contribution in [2.75, 3.05) is 5.73 Å². The van der Waals surface area contributed by atoms with E-state index in [4.69, 9.17) is 5.73 Å². The second-order valence-corrected chi connectivity index (χ2v) is 5.18. The molecular weight excluding hydrogens is 292 g/mol. The summed E-state index contributed by atoms with van der Waals surface area (Å²) >= 11 is 3.41. The molecule has 1 heterocycles. The van der Waals surface area contributed by atoms with Gasteiger partial charge in [0.15, 0.2) is 0 Å². The average molecular weight is 307 g/mol. The predicted molar refractivity (Wildman–Crippen MR) is 76.2 cm³/mol. The minimum atomic E-state index is -0.565. The molecule has 18 heavy (non-hydrogen) atoms. The Labute approximate surface area is 115 Å². The molecule has 0 saturated carbocycles. The highest BCUT2D eigenvalue weighted by molar-refractivity contribution is 9.10. The maximum absolute atomic E-state index is 10.3. The van der Waals surface area contributed by atoms with Gasteiger partial charge in [-0.25, -0.2) is 4.98 Å². The SMILES string of the molecule is Cc1cc(Br)ccc1C(O)Cc1cccnc1N. The first-order valence-electron chi connectivity index (χ1n) is 5.71. The average Bonchev–Trinajstić information content (AvgIpc) is 2.32. The monoisotopic (exact) mass is 306 g/mol. The van der Waals surface area contributed by atoms with Gasteiger partial charge in [0, 0.05) is 17.1 Å². The number of rotatable bonds is 3. The van der Waals surface area contributed by atoms with Crippen LogP contribution in [0.2, 0.25) is 0 Å². The fraction of sp³-hybridized carbons (Fsp3) is 0.214. The number of hydrogen-bond donors (Lipinski definition) is 2. The third-order valence-electron chi connectivity index (χ3n) is 2.93. The van der Waals surface area contributed by atoms with Crippen LogP contribution >= 0.6 is 15.9 Å². The number of aryl methyl sites for hydroxylation is 1. The first kappa shape index (κ1) is 13.1. The van der Waals surface area contributed by atoms with Crippen LogP contribution in [0.15, 0.2) is 41.0 Å². The van der Waals surface area contributed by atoms with Gasteiger partial charge in [-0.2, -0.15) is 0 Å². The molecule has 3 nitrogen and oxygen atoms in total. The van der Waals surface area contributed by atoms with Gasteiger partial charge in [0.2, 0.25) is 0 Å². The third-order valence-corrected chi connectivity index (χ3v) is 3.42. The van der Waals surface area contributed by atoms with E-state index < -0.39 is 6.10 Å². The number of nitrogens with zero attached hydrogens (tertiary/aromatic N) is 1. The van der Waals surface area contributed by atoms with E-state index in [-0.39, 0.29) is 0 Å². The Hall–Kier alpha value is -1.39. The van der Waals surface area contributed by atoms with Gasteiger partial charge in [-0.15, -0.1) is 0 Å². The molecule has 1 aromatic carbocycles. The molecule has 2 aromatic rings. The fourth-order valence-corrected chi connectivity index (χ4v) is 2.43. The van der Waals surface area contributed by atoms with Crippen molar-refractivity contribution in [3.05, 3.63) is 57.7 Å². The van der Waals surface area contributed by atoms with Gasteiger partial charge in [-0.05, 0) is 41.8 Å². The fourth-order valence-electron chi connectivity index (χ4n) is 1.95. The molecule has 0 saturated heterocycles. The highest BCUT2D eigenvalue weighted by Gasteiger charge is 2.13. The van der Waals surface area contributed by atoms with Gasteiger partial charge in [-0.3, -0.25) is 0 Å². The summed E-state index contributed by atoms with van der Waals surface area (Å²) in [5, 5.41) is 10.3. The van der Waals surface area contributed by atoms with Crippen LogP contribution in [-0.4, -0.2) is 10.1 Å². The first-order chi connectivity index (χ1) is 8.58. The van der Waals surface area contributed by atoms with Crippen molar-refractivity contribution in [3.8, 4) is 0 Å². The van der Waals surface area contributed by atoms with E-state index in [0.29, 0.717) is 12.2 Å². The summed E-state index contributed by atoms with van der Waals surface area (Å²) in [7, 11) is 0. The second-order valence-electron chi connectivity index (χ2n) is 4.27. The summed E-state index contributed by atoms with van der Waals surface area (Å²) < 4.78 is 1.01. The zero-order valence-electron chi connectivity index (χ0n) is 10.1. The Morgan fingerprint density at radius 2 is 2.17 bits per heavy atom. The molecule has 1 atom stereocenters. The molecule has 0 amide bonds. The molecule has 0 fully saturated rings. The normalized spacial score (nSPS) is 12.4. The van der Waals surface area contributed by atoms with Crippen LogP contribution in [0.1, 0.15) is 22.8 Å². The van der Waals surface area contributed by atoms with Gasteiger partial charge in [0.05, 0.1) is 6.10 Å². The zero-order valence-corrected chi connectivity index (χ0v) is 11.7. The number of benzene rings is 1. The molecule has 4 heteroatoms. The molecule has 0 aliphatic heterocycles. The van der Waals surface area contributed by atoms with Crippen molar-refractivity contribution in [2.24, 2.45) is 0 Å². The first-order valence-corrected chi connectivity index (χ1v) is 6.50. The maximum Gasteiger partial charge on any atom is 0.126 e. The number of nitrogens with two attached hydrogens (primary N) is 1.